The Hall–Kier alpha value is -3.17. The molecule has 9 heteroatoms. The van der Waals surface area contributed by atoms with Crippen LogP contribution >= 0.6 is 0 Å². The number of ether oxygens (including phenoxy) is 1. The molecule has 1 atom stereocenters. The molecule has 2 aliphatic rings. The second-order valence-electron chi connectivity index (χ2n) is 12.7. The first-order valence-electron chi connectivity index (χ1n) is 15.2. The lowest BCUT2D eigenvalue weighted by Crippen LogP contribution is -2.54. The van der Waals surface area contributed by atoms with Crippen LogP contribution in [0.15, 0.2) is 36.7 Å². The maximum absolute atomic E-state index is 12.6. The summed E-state index contributed by atoms with van der Waals surface area (Å²) in [6, 6.07) is 9.23. The Kier molecular flexibility index (Phi) is 8.85. The minimum Gasteiger partial charge on any atom is -0.444 e. The van der Waals surface area contributed by atoms with Crippen LogP contribution in [0, 0.1) is 0 Å². The minimum atomic E-state index is -0.485. The van der Waals surface area contributed by atoms with E-state index >= 15 is 0 Å². The van der Waals surface area contributed by atoms with Crippen LogP contribution in [0.2, 0.25) is 0 Å². The van der Waals surface area contributed by atoms with Crippen LogP contribution < -0.4 is 5.32 Å². The number of nitrogens with zero attached hydrogens (tertiary/aromatic N) is 5. The molecule has 41 heavy (non-hydrogen) atoms. The van der Waals surface area contributed by atoms with Crippen molar-refractivity contribution in [3.05, 3.63) is 42.2 Å². The molecule has 2 fully saturated rings. The molecular weight excluding hydrogens is 516 g/mol. The zero-order valence-corrected chi connectivity index (χ0v) is 25.3. The standard InChI is InChI=1S/C32H46N6O3/c1-6-15-33-30-34-18-27-28(21-38(29(27)35-30)25-11-13-26(39)14-12-25)24-9-7-23(8-10-24)20-36-16-17-37(22(2)19-36)31(40)41-32(3,4)5/h7-10,18,21-22,25-26,39H,6,11-17,19-20H2,1-5H3,(H,33,34,35)/t22-,25-,26-/m1/s1. The molecule has 5 rings (SSSR count). The number of nitrogens with one attached hydrogen (secondary N) is 1. The average Bonchev–Trinajstić information content (AvgIpc) is 3.30. The Balaban J connectivity index is 1.31. The smallest absolute Gasteiger partial charge is 0.410 e. The van der Waals surface area contributed by atoms with Crippen molar-refractivity contribution in [2.24, 2.45) is 0 Å². The lowest BCUT2D eigenvalue weighted by atomic mass is 9.93. The van der Waals surface area contributed by atoms with Gasteiger partial charge in [0, 0.05) is 68.2 Å². The Morgan fingerprint density at radius 3 is 2.51 bits per heavy atom. The fourth-order valence-electron chi connectivity index (χ4n) is 6.01. The first-order valence-corrected chi connectivity index (χ1v) is 15.2. The Morgan fingerprint density at radius 1 is 1.12 bits per heavy atom. The van der Waals surface area contributed by atoms with E-state index in [1.165, 1.54) is 5.56 Å². The summed E-state index contributed by atoms with van der Waals surface area (Å²) in [6.07, 6.45) is 8.32. The summed E-state index contributed by atoms with van der Waals surface area (Å²) in [4.78, 5) is 26.4. The van der Waals surface area contributed by atoms with E-state index in [2.05, 4.69) is 64.1 Å². The fraction of sp³-hybridized carbons (Fsp3) is 0.594. The zero-order valence-electron chi connectivity index (χ0n) is 25.3. The number of hydrogen-bond donors (Lipinski definition) is 2. The van der Waals surface area contributed by atoms with E-state index in [4.69, 9.17) is 9.72 Å². The maximum Gasteiger partial charge on any atom is 0.410 e. The molecule has 222 valence electrons. The van der Waals surface area contributed by atoms with Gasteiger partial charge in [0.05, 0.1) is 6.10 Å². The summed E-state index contributed by atoms with van der Waals surface area (Å²) >= 11 is 0. The Labute approximate surface area is 243 Å². The van der Waals surface area contributed by atoms with E-state index in [0.29, 0.717) is 18.5 Å². The minimum absolute atomic E-state index is 0.0987. The number of aliphatic hydroxyl groups is 1. The van der Waals surface area contributed by atoms with Crippen LogP contribution in [-0.4, -0.2) is 79.5 Å². The van der Waals surface area contributed by atoms with Crippen LogP contribution in [0.3, 0.4) is 0 Å². The topological polar surface area (TPSA) is 95.8 Å². The Bertz CT molecular complexity index is 1320. The maximum atomic E-state index is 12.6. The first kappa shape index (κ1) is 29.3. The van der Waals surface area contributed by atoms with Gasteiger partial charge in [0.15, 0.2) is 0 Å². The number of fused-ring (bicyclic) bond motifs is 1. The molecule has 1 aromatic carbocycles. The summed E-state index contributed by atoms with van der Waals surface area (Å²) in [5.74, 6) is 0.664. The highest BCUT2D eigenvalue weighted by molar-refractivity contribution is 5.94. The highest BCUT2D eigenvalue weighted by Gasteiger charge is 2.31. The second kappa shape index (κ2) is 12.4. The molecule has 1 aliphatic carbocycles. The highest BCUT2D eigenvalue weighted by atomic mass is 16.6. The largest absolute Gasteiger partial charge is 0.444 e. The van der Waals surface area contributed by atoms with Gasteiger partial charge >= 0.3 is 6.09 Å². The summed E-state index contributed by atoms with van der Waals surface area (Å²) in [7, 11) is 0. The van der Waals surface area contributed by atoms with E-state index < -0.39 is 5.60 Å². The quantitative estimate of drug-likeness (QED) is 0.374. The average molecular weight is 563 g/mol. The highest BCUT2D eigenvalue weighted by Crippen LogP contribution is 2.37. The van der Waals surface area contributed by atoms with Crippen molar-refractivity contribution in [1.29, 1.82) is 0 Å². The molecule has 1 saturated heterocycles. The molecule has 1 amide bonds. The van der Waals surface area contributed by atoms with Crippen LogP contribution in [-0.2, 0) is 11.3 Å². The van der Waals surface area contributed by atoms with Gasteiger partial charge < -0.3 is 24.6 Å². The van der Waals surface area contributed by atoms with E-state index in [1.807, 2.05) is 31.9 Å². The van der Waals surface area contributed by atoms with Gasteiger partial charge in [-0.05, 0) is 70.9 Å². The van der Waals surface area contributed by atoms with Crippen molar-refractivity contribution in [3.8, 4) is 11.1 Å². The van der Waals surface area contributed by atoms with Crippen molar-refractivity contribution in [1.82, 2.24) is 24.3 Å². The van der Waals surface area contributed by atoms with Gasteiger partial charge in [-0.3, -0.25) is 4.90 Å². The zero-order chi connectivity index (χ0) is 29.1. The number of carbonyl (C=O) groups is 1. The number of amides is 1. The van der Waals surface area contributed by atoms with Gasteiger partial charge in [0.1, 0.15) is 11.2 Å². The third kappa shape index (κ3) is 7.01. The van der Waals surface area contributed by atoms with Crippen molar-refractivity contribution in [3.63, 3.8) is 0 Å². The number of aliphatic hydroxyl groups excluding tert-OH is 1. The fourth-order valence-corrected chi connectivity index (χ4v) is 6.01. The van der Waals surface area contributed by atoms with Gasteiger partial charge in [0.2, 0.25) is 5.95 Å². The number of rotatable bonds is 7. The van der Waals surface area contributed by atoms with Crippen LogP contribution in [0.25, 0.3) is 22.2 Å². The van der Waals surface area contributed by atoms with Gasteiger partial charge in [0.25, 0.3) is 0 Å². The molecule has 3 heterocycles. The molecule has 0 spiro atoms. The first-order chi connectivity index (χ1) is 19.6. The number of hydrogen-bond acceptors (Lipinski definition) is 7. The lowest BCUT2D eigenvalue weighted by molar-refractivity contribution is 0.000557. The molecule has 2 N–H and O–H groups in total. The third-order valence-electron chi connectivity index (χ3n) is 8.18. The number of piperazine rings is 1. The number of carbonyl (C=O) groups excluding carboxylic acids is 1. The molecule has 1 saturated carbocycles. The molecule has 0 bridgehead atoms. The van der Waals surface area contributed by atoms with Gasteiger partial charge in [-0.15, -0.1) is 0 Å². The molecule has 1 aliphatic heterocycles. The van der Waals surface area contributed by atoms with Crippen LogP contribution in [0.1, 0.15) is 78.3 Å². The van der Waals surface area contributed by atoms with Gasteiger partial charge in [-0.1, -0.05) is 31.2 Å². The summed E-state index contributed by atoms with van der Waals surface area (Å²) < 4.78 is 7.91. The predicted octanol–water partition coefficient (Wildman–Crippen LogP) is 5.84. The molecule has 9 nitrogen and oxygen atoms in total. The van der Waals surface area contributed by atoms with Gasteiger partial charge in [-0.25, -0.2) is 9.78 Å². The number of benzene rings is 1. The van der Waals surface area contributed by atoms with Gasteiger partial charge in [-0.2, -0.15) is 4.98 Å². The van der Waals surface area contributed by atoms with Crippen molar-refractivity contribution >= 4 is 23.1 Å². The molecule has 0 radical (unpaired) electrons. The van der Waals surface area contributed by atoms with Crippen molar-refractivity contribution < 1.29 is 14.6 Å². The van der Waals surface area contributed by atoms with E-state index in [0.717, 1.165) is 80.4 Å². The van der Waals surface area contributed by atoms with Crippen molar-refractivity contribution in [2.45, 2.75) is 97.1 Å². The number of anilines is 1. The summed E-state index contributed by atoms with van der Waals surface area (Å²) in [5.41, 5.74) is 4.00. The van der Waals surface area contributed by atoms with Crippen molar-refractivity contribution in [2.75, 3.05) is 31.5 Å². The van der Waals surface area contributed by atoms with E-state index in [-0.39, 0.29) is 18.2 Å². The molecular formula is C32H46N6O3. The molecule has 0 unspecified atom stereocenters. The lowest BCUT2D eigenvalue weighted by Gasteiger charge is -2.40. The van der Waals surface area contributed by atoms with E-state index in [1.54, 1.807) is 0 Å². The normalized spacial score (nSPS) is 22.2. The molecule has 2 aromatic heterocycles. The third-order valence-corrected chi connectivity index (χ3v) is 8.18. The monoisotopic (exact) mass is 562 g/mol. The van der Waals surface area contributed by atoms with Crippen LogP contribution in [0.4, 0.5) is 10.7 Å². The predicted molar refractivity (Wildman–Crippen MR) is 163 cm³/mol. The summed E-state index contributed by atoms with van der Waals surface area (Å²) in [6.45, 7) is 13.9. The molecule has 3 aromatic rings. The number of aromatic nitrogens is 3. The van der Waals surface area contributed by atoms with Crippen LogP contribution in [0.5, 0.6) is 0 Å². The summed E-state index contributed by atoms with van der Waals surface area (Å²) in [5, 5.41) is 14.5. The SMILES string of the molecule is CCCNc1ncc2c(-c3ccc(CN4CCN(C(=O)OC(C)(C)C)[C@H](C)C4)cc3)cn([C@H]3CC[C@H](O)CC3)c2n1. The Morgan fingerprint density at radius 2 is 1.85 bits per heavy atom. The second-order valence-corrected chi connectivity index (χ2v) is 12.7. The van der Waals surface area contributed by atoms with E-state index in [9.17, 15) is 9.90 Å².